The summed E-state index contributed by atoms with van der Waals surface area (Å²) in [6, 6.07) is 4.60. The van der Waals surface area contributed by atoms with Crippen LogP contribution in [0, 0.1) is 0 Å². The van der Waals surface area contributed by atoms with Crippen molar-refractivity contribution in [3.05, 3.63) is 52.5 Å². The molecule has 3 rings (SSSR count). The predicted octanol–water partition coefficient (Wildman–Crippen LogP) is 4.42. The van der Waals surface area contributed by atoms with Crippen LogP contribution in [0.5, 0.6) is 0 Å². The molecule has 29 heavy (non-hydrogen) atoms. The fraction of sp³-hybridized carbons (Fsp3) is 0.400. The second-order valence-electron chi connectivity index (χ2n) is 7.04. The van der Waals surface area contributed by atoms with Crippen LogP contribution >= 0.6 is 11.3 Å². The molecular formula is C20H22F3N3O2S. The molecule has 0 radical (unpaired) electrons. The van der Waals surface area contributed by atoms with Gasteiger partial charge in [-0.1, -0.05) is 12.1 Å². The van der Waals surface area contributed by atoms with Gasteiger partial charge in [0.05, 0.1) is 23.5 Å². The minimum Gasteiger partial charge on any atom is -0.373 e. The molecule has 2 atom stereocenters. The number of thiazole rings is 1. The van der Waals surface area contributed by atoms with E-state index in [0.29, 0.717) is 17.2 Å². The van der Waals surface area contributed by atoms with Crippen LogP contribution in [0.3, 0.4) is 0 Å². The second-order valence-corrected chi connectivity index (χ2v) is 7.90. The summed E-state index contributed by atoms with van der Waals surface area (Å²) >= 11 is 1.33. The van der Waals surface area contributed by atoms with Gasteiger partial charge in [0.15, 0.2) is 5.13 Å². The monoisotopic (exact) mass is 425 g/mol. The van der Waals surface area contributed by atoms with E-state index in [0.717, 1.165) is 30.9 Å². The molecule has 1 saturated heterocycles. The summed E-state index contributed by atoms with van der Waals surface area (Å²) in [6.07, 6.45) is -1.30. The van der Waals surface area contributed by atoms with Crippen molar-refractivity contribution in [3.8, 4) is 0 Å². The maximum Gasteiger partial charge on any atom is 0.416 e. The molecule has 1 aromatic carbocycles. The van der Waals surface area contributed by atoms with Crippen molar-refractivity contribution < 1.29 is 22.7 Å². The number of carbonyl (C=O) groups excluding carboxylic acids is 1. The van der Waals surface area contributed by atoms with Gasteiger partial charge in [0.2, 0.25) is 5.91 Å². The molecule has 0 saturated carbocycles. The van der Waals surface area contributed by atoms with E-state index in [1.54, 1.807) is 0 Å². The van der Waals surface area contributed by atoms with Crippen LogP contribution in [0.4, 0.5) is 18.3 Å². The van der Waals surface area contributed by atoms with Crippen LogP contribution in [0.2, 0.25) is 0 Å². The molecule has 2 aromatic rings. The molecule has 0 aliphatic carbocycles. The first-order valence-corrected chi connectivity index (χ1v) is 10.1. The molecule has 1 aliphatic heterocycles. The Hall–Kier alpha value is -2.23. The lowest BCUT2D eigenvalue weighted by Crippen LogP contribution is -2.44. The van der Waals surface area contributed by atoms with Crippen LogP contribution in [-0.2, 0) is 22.3 Å². The third kappa shape index (κ3) is 6.38. The summed E-state index contributed by atoms with van der Waals surface area (Å²) in [6.45, 7) is 6.43. The Labute approximate surface area is 171 Å². The topological polar surface area (TPSA) is 54.5 Å². The molecule has 5 nitrogen and oxygen atoms in total. The average molecular weight is 425 g/mol. The molecule has 1 aromatic heterocycles. The molecule has 1 amide bonds. The van der Waals surface area contributed by atoms with Gasteiger partial charge in [0, 0.05) is 31.1 Å². The van der Waals surface area contributed by atoms with Gasteiger partial charge < -0.3 is 4.74 Å². The molecule has 1 N–H and O–H groups in total. The summed E-state index contributed by atoms with van der Waals surface area (Å²) in [5, 5.41) is 5.07. The minimum atomic E-state index is -4.38. The maximum absolute atomic E-state index is 12.6. The van der Waals surface area contributed by atoms with Crippen molar-refractivity contribution >= 4 is 28.5 Å². The lowest BCUT2D eigenvalue weighted by molar-refractivity contribution is -0.137. The van der Waals surface area contributed by atoms with Gasteiger partial charge in [-0.2, -0.15) is 13.2 Å². The SMILES string of the molecule is CC1CN(Cc2csc(NC(=O)/C=C/c3ccc(C(F)(F)F)cc3)n2)CC(C)O1. The van der Waals surface area contributed by atoms with Crippen LogP contribution in [-0.4, -0.2) is 41.1 Å². The Morgan fingerprint density at radius 2 is 1.93 bits per heavy atom. The zero-order valence-electron chi connectivity index (χ0n) is 16.1. The number of halogens is 3. The number of nitrogens with zero attached hydrogens (tertiary/aromatic N) is 2. The highest BCUT2D eigenvalue weighted by Gasteiger charge is 2.29. The van der Waals surface area contributed by atoms with E-state index < -0.39 is 11.7 Å². The Morgan fingerprint density at radius 3 is 2.55 bits per heavy atom. The Balaban J connectivity index is 1.53. The number of benzene rings is 1. The highest BCUT2D eigenvalue weighted by molar-refractivity contribution is 7.13. The Kier molecular flexibility index (Phi) is 6.71. The third-order valence-corrected chi connectivity index (χ3v) is 5.13. The van der Waals surface area contributed by atoms with E-state index in [1.807, 2.05) is 19.2 Å². The van der Waals surface area contributed by atoms with Crippen molar-refractivity contribution in [2.45, 2.75) is 38.8 Å². The molecule has 2 unspecified atom stereocenters. The quantitative estimate of drug-likeness (QED) is 0.721. The number of amides is 1. The molecule has 2 heterocycles. The zero-order chi connectivity index (χ0) is 21.0. The molecular weight excluding hydrogens is 403 g/mol. The first kappa shape index (κ1) is 21.5. The number of carbonyl (C=O) groups is 1. The normalized spacial score (nSPS) is 20.9. The number of nitrogens with one attached hydrogen (secondary N) is 1. The van der Waals surface area contributed by atoms with Crippen LogP contribution in [0.1, 0.15) is 30.7 Å². The van der Waals surface area contributed by atoms with E-state index in [-0.39, 0.29) is 18.1 Å². The van der Waals surface area contributed by atoms with Gasteiger partial charge in [0.1, 0.15) is 0 Å². The van der Waals surface area contributed by atoms with Crippen LogP contribution in [0.25, 0.3) is 6.08 Å². The van der Waals surface area contributed by atoms with Gasteiger partial charge >= 0.3 is 6.18 Å². The van der Waals surface area contributed by atoms with Gasteiger partial charge in [-0.3, -0.25) is 15.0 Å². The minimum absolute atomic E-state index is 0.173. The fourth-order valence-corrected chi connectivity index (χ4v) is 3.89. The number of alkyl halides is 3. The van der Waals surface area contributed by atoms with Crippen molar-refractivity contribution in [2.75, 3.05) is 18.4 Å². The first-order valence-electron chi connectivity index (χ1n) is 9.17. The summed E-state index contributed by atoms with van der Waals surface area (Å²) in [5.41, 5.74) is 0.653. The molecule has 1 fully saturated rings. The summed E-state index contributed by atoms with van der Waals surface area (Å²) < 4.78 is 43.4. The maximum atomic E-state index is 12.6. The average Bonchev–Trinajstić information content (AvgIpc) is 3.05. The summed E-state index contributed by atoms with van der Waals surface area (Å²) in [5.74, 6) is -0.389. The predicted molar refractivity (Wildman–Crippen MR) is 107 cm³/mol. The lowest BCUT2D eigenvalue weighted by Gasteiger charge is -2.34. The Morgan fingerprint density at radius 1 is 1.28 bits per heavy atom. The van der Waals surface area contributed by atoms with Crippen molar-refractivity contribution in [1.82, 2.24) is 9.88 Å². The largest absolute Gasteiger partial charge is 0.416 e. The molecule has 156 valence electrons. The number of hydrogen-bond acceptors (Lipinski definition) is 5. The summed E-state index contributed by atoms with van der Waals surface area (Å²) in [4.78, 5) is 18.8. The smallest absolute Gasteiger partial charge is 0.373 e. The Bertz CT molecular complexity index is 855. The van der Waals surface area contributed by atoms with E-state index in [4.69, 9.17) is 4.74 Å². The van der Waals surface area contributed by atoms with E-state index in [9.17, 15) is 18.0 Å². The highest BCUT2D eigenvalue weighted by atomic mass is 32.1. The first-order chi connectivity index (χ1) is 13.7. The number of anilines is 1. The highest BCUT2D eigenvalue weighted by Crippen LogP contribution is 2.29. The van der Waals surface area contributed by atoms with Crippen LogP contribution in [0.15, 0.2) is 35.7 Å². The number of rotatable bonds is 5. The number of hydrogen-bond donors (Lipinski definition) is 1. The zero-order valence-corrected chi connectivity index (χ0v) is 16.9. The summed E-state index contributed by atoms with van der Waals surface area (Å²) in [7, 11) is 0. The number of aromatic nitrogens is 1. The standard InChI is InChI=1S/C20H22F3N3O2S/c1-13-9-26(10-14(2)28-13)11-17-12-29-19(24-17)25-18(27)8-5-15-3-6-16(7-4-15)20(21,22)23/h3-8,12-14H,9-11H2,1-2H3,(H,24,25,27)/b8-5+. The molecule has 0 bridgehead atoms. The van der Waals surface area contributed by atoms with Crippen molar-refractivity contribution in [1.29, 1.82) is 0 Å². The molecule has 1 aliphatic rings. The molecule has 9 heteroatoms. The van der Waals surface area contributed by atoms with Gasteiger partial charge in [-0.05, 0) is 37.6 Å². The molecule has 0 spiro atoms. The van der Waals surface area contributed by atoms with Crippen molar-refractivity contribution in [2.24, 2.45) is 0 Å². The number of ether oxygens (including phenoxy) is 1. The van der Waals surface area contributed by atoms with Gasteiger partial charge in [-0.15, -0.1) is 11.3 Å². The third-order valence-electron chi connectivity index (χ3n) is 4.33. The fourth-order valence-electron chi connectivity index (χ4n) is 3.18. The van der Waals surface area contributed by atoms with E-state index in [1.165, 1.54) is 35.6 Å². The lowest BCUT2D eigenvalue weighted by atomic mass is 10.1. The van der Waals surface area contributed by atoms with Crippen molar-refractivity contribution in [3.63, 3.8) is 0 Å². The van der Waals surface area contributed by atoms with Crippen LogP contribution < -0.4 is 5.32 Å². The van der Waals surface area contributed by atoms with Gasteiger partial charge in [-0.25, -0.2) is 4.98 Å². The number of morpholine rings is 1. The van der Waals surface area contributed by atoms with Gasteiger partial charge in [0.25, 0.3) is 0 Å². The van der Waals surface area contributed by atoms with E-state index >= 15 is 0 Å². The second kappa shape index (κ2) is 9.06. The van der Waals surface area contributed by atoms with E-state index in [2.05, 4.69) is 15.2 Å².